The van der Waals surface area contributed by atoms with E-state index in [1.807, 2.05) is 26.8 Å². The van der Waals surface area contributed by atoms with E-state index >= 15 is 0 Å². The standard InChI is InChI=1S/C16H26N2O3S.ClH/c1-11(2)14-9-16(12(3)8-15(14)21-4)22(19,20)18-7-5-6-13(18)10-17;/h8-9,11,13H,5-7,10,17H2,1-4H3;1H. The zero-order chi connectivity index (χ0) is 16.5. The fourth-order valence-electron chi connectivity index (χ4n) is 3.07. The van der Waals surface area contributed by atoms with Crippen molar-refractivity contribution in [3.05, 3.63) is 23.3 Å². The van der Waals surface area contributed by atoms with Crippen molar-refractivity contribution in [3.63, 3.8) is 0 Å². The van der Waals surface area contributed by atoms with Crippen molar-refractivity contribution in [2.75, 3.05) is 20.2 Å². The minimum absolute atomic E-state index is 0. The van der Waals surface area contributed by atoms with Crippen molar-refractivity contribution in [2.45, 2.75) is 50.5 Å². The lowest BCUT2D eigenvalue weighted by Gasteiger charge is -2.25. The van der Waals surface area contributed by atoms with Crippen molar-refractivity contribution in [3.8, 4) is 5.75 Å². The van der Waals surface area contributed by atoms with Crippen LogP contribution < -0.4 is 10.5 Å². The first-order chi connectivity index (χ1) is 10.3. The second-order valence-corrected chi connectivity index (χ2v) is 8.02. The zero-order valence-corrected chi connectivity index (χ0v) is 15.8. The Morgan fingerprint density at radius 1 is 1.39 bits per heavy atom. The molecule has 0 aromatic heterocycles. The second kappa shape index (κ2) is 7.83. The van der Waals surface area contributed by atoms with E-state index in [0.29, 0.717) is 23.5 Å². The Hall–Kier alpha value is -0.820. The number of nitrogens with two attached hydrogens (primary N) is 1. The molecule has 132 valence electrons. The highest BCUT2D eigenvalue weighted by Crippen LogP contribution is 2.34. The number of sulfonamides is 1. The van der Waals surface area contributed by atoms with Crippen LogP contribution in [0.5, 0.6) is 5.75 Å². The molecule has 1 aliphatic heterocycles. The van der Waals surface area contributed by atoms with Gasteiger partial charge in [-0.1, -0.05) is 13.8 Å². The molecule has 0 aliphatic carbocycles. The Morgan fingerprint density at radius 2 is 2.04 bits per heavy atom. The summed E-state index contributed by atoms with van der Waals surface area (Å²) in [7, 11) is -1.90. The number of aryl methyl sites for hydroxylation is 1. The third-order valence-corrected chi connectivity index (χ3v) is 6.42. The maximum absolute atomic E-state index is 13.0. The first kappa shape index (κ1) is 20.2. The van der Waals surface area contributed by atoms with Gasteiger partial charge in [-0.25, -0.2) is 8.42 Å². The molecule has 2 rings (SSSR count). The summed E-state index contributed by atoms with van der Waals surface area (Å²) in [4.78, 5) is 0.373. The first-order valence-corrected chi connectivity index (χ1v) is 9.17. The average molecular weight is 363 g/mol. The lowest BCUT2D eigenvalue weighted by atomic mass is 10.0. The molecule has 7 heteroatoms. The van der Waals surface area contributed by atoms with Crippen molar-refractivity contribution < 1.29 is 13.2 Å². The molecule has 0 amide bonds. The van der Waals surface area contributed by atoms with Crippen LogP contribution in [0.25, 0.3) is 0 Å². The molecule has 1 heterocycles. The van der Waals surface area contributed by atoms with Gasteiger partial charge in [0.25, 0.3) is 0 Å². The summed E-state index contributed by atoms with van der Waals surface area (Å²) in [5.41, 5.74) is 7.36. The van der Waals surface area contributed by atoms with Crippen molar-refractivity contribution in [2.24, 2.45) is 5.73 Å². The van der Waals surface area contributed by atoms with E-state index < -0.39 is 10.0 Å². The molecule has 1 aliphatic rings. The first-order valence-electron chi connectivity index (χ1n) is 7.73. The van der Waals surface area contributed by atoms with Crippen molar-refractivity contribution in [1.82, 2.24) is 4.31 Å². The number of nitrogens with zero attached hydrogens (tertiary/aromatic N) is 1. The molecule has 1 aromatic rings. The maximum Gasteiger partial charge on any atom is 0.243 e. The summed E-state index contributed by atoms with van der Waals surface area (Å²) in [6.07, 6.45) is 1.70. The van der Waals surface area contributed by atoms with Gasteiger partial charge >= 0.3 is 0 Å². The summed E-state index contributed by atoms with van der Waals surface area (Å²) < 4.78 is 33.0. The van der Waals surface area contributed by atoms with Crippen LogP contribution >= 0.6 is 12.4 Å². The van der Waals surface area contributed by atoms with Crippen LogP contribution in [0.2, 0.25) is 0 Å². The molecule has 0 saturated carbocycles. The topological polar surface area (TPSA) is 72.6 Å². The van der Waals surface area contributed by atoms with Gasteiger partial charge in [0, 0.05) is 19.1 Å². The predicted molar refractivity (Wildman–Crippen MR) is 95.0 cm³/mol. The highest BCUT2D eigenvalue weighted by molar-refractivity contribution is 7.89. The smallest absolute Gasteiger partial charge is 0.243 e. The van der Waals surface area contributed by atoms with Crippen molar-refractivity contribution in [1.29, 1.82) is 0 Å². The third-order valence-electron chi connectivity index (χ3n) is 4.33. The molecule has 5 nitrogen and oxygen atoms in total. The second-order valence-electron chi connectivity index (χ2n) is 6.16. The molecule has 1 saturated heterocycles. The molecular formula is C16H27ClN2O3S. The number of methoxy groups -OCH3 is 1. The van der Waals surface area contributed by atoms with Gasteiger partial charge in [-0.15, -0.1) is 12.4 Å². The summed E-state index contributed by atoms with van der Waals surface area (Å²) in [6.45, 7) is 6.79. The Morgan fingerprint density at radius 3 is 2.57 bits per heavy atom. The molecule has 1 fully saturated rings. The molecule has 0 bridgehead atoms. The van der Waals surface area contributed by atoms with E-state index in [0.717, 1.165) is 24.2 Å². The van der Waals surface area contributed by atoms with Gasteiger partial charge in [0.2, 0.25) is 10.0 Å². The molecular weight excluding hydrogens is 336 g/mol. The van der Waals surface area contributed by atoms with Crippen LogP contribution in [0.15, 0.2) is 17.0 Å². The predicted octanol–water partition coefficient (Wildman–Crippen LogP) is 2.66. The van der Waals surface area contributed by atoms with E-state index in [-0.39, 0.29) is 24.4 Å². The number of rotatable bonds is 5. The average Bonchev–Trinajstić information content (AvgIpc) is 2.95. The van der Waals surface area contributed by atoms with Crippen LogP contribution in [0.3, 0.4) is 0 Å². The van der Waals surface area contributed by atoms with Crippen molar-refractivity contribution >= 4 is 22.4 Å². The van der Waals surface area contributed by atoms with Gasteiger partial charge in [0.05, 0.1) is 12.0 Å². The van der Waals surface area contributed by atoms with Gasteiger partial charge in [-0.3, -0.25) is 0 Å². The number of hydrogen-bond acceptors (Lipinski definition) is 4. The van der Waals surface area contributed by atoms with E-state index in [1.165, 1.54) is 0 Å². The van der Waals surface area contributed by atoms with E-state index in [9.17, 15) is 8.42 Å². The lowest BCUT2D eigenvalue weighted by molar-refractivity contribution is 0.391. The van der Waals surface area contributed by atoms with Crippen LogP contribution in [-0.4, -0.2) is 39.0 Å². The normalized spacial score (nSPS) is 19.0. The molecule has 1 unspecified atom stereocenters. The summed E-state index contributed by atoms with van der Waals surface area (Å²) in [5, 5.41) is 0. The Kier molecular flexibility index (Phi) is 6.89. The number of ether oxygens (including phenoxy) is 1. The minimum Gasteiger partial charge on any atom is -0.496 e. The molecule has 0 spiro atoms. The van der Waals surface area contributed by atoms with Gasteiger partial charge in [-0.2, -0.15) is 4.31 Å². The monoisotopic (exact) mass is 362 g/mol. The molecule has 23 heavy (non-hydrogen) atoms. The SMILES string of the molecule is COc1cc(C)c(S(=O)(=O)N2CCCC2CN)cc1C(C)C.Cl. The van der Waals surface area contributed by atoms with Crippen LogP contribution in [0.4, 0.5) is 0 Å². The van der Waals surface area contributed by atoms with Crippen LogP contribution in [0, 0.1) is 6.92 Å². The Labute approximate surface area is 145 Å². The van der Waals surface area contributed by atoms with Gasteiger partial charge < -0.3 is 10.5 Å². The highest BCUT2D eigenvalue weighted by Gasteiger charge is 2.35. The maximum atomic E-state index is 13.0. The van der Waals surface area contributed by atoms with Gasteiger partial charge in [0.15, 0.2) is 0 Å². The van der Waals surface area contributed by atoms with E-state index in [2.05, 4.69) is 0 Å². The Bertz CT molecular complexity index is 647. The number of benzene rings is 1. The molecule has 0 radical (unpaired) electrons. The fraction of sp³-hybridized carbons (Fsp3) is 0.625. The molecule has 1 aromatic carbocycles. The summed E-state index contributed by atoms with van der Waals surface area (Å²) in [5.74, 6) is 0.927. The van der Waals surface area contributed by atoms with Gasteiger partial charge in [0.1, 0.15) is 5.75 Å². The quantitative estimate of drug-likeness (QED) is 0.873. The van der Waals surface area contributed by atoms with E-state index in [4.69, 9.17) is 10.5 Å². The van der Waals surface area contributed by atoms with E-state index in [1.54, 1.807) is 17.5 Å². The highest BCUT2D eigenvalue weighted by atomic mass is 35.5. The van der Waals surface area contributed by atoms with Gasteiger partial charge in [-0.05, 0) is 48.9 Å². The minimum atomic E-state index is -3.51. The Balaban J connectivity index is 0.00000264. The zero-order valence-electron chi connectivity index (χ0n) is 14.2. The lowest BCUT2D eigenvalue weighted by Crippen LogP contribution is -2.40. The summed E-state index contributed by atoms with van der Waals surface area (Å²) in [6, 6.07) is 3.49. The fourth-order valence-corrected chi connectivity index (χ4v) is 5.02. The molecule has 1 atom stereocenters. The third kappa shape index (κ3) is 3.82. The summed E-state index contributed by atoms with van der Waals surface area (Å²) >= 11 is 0. The van der Waals surface area contributed by atoms with Crippen LogP contribution in [-0.2, 0) is 10.0 Å². The number of halogens is 1. The largest absolute Gasteiger partial charge is 0.496 e. The molecule has 2 N–H and O–H groups in total. The number of hydrogen-bond donors (Lipinski definition) is 1. The van der Waals surface area contributed by atoms with Crippen LogP contribution in [0.1, 0.15) is 43.7 Å².